The van der Waals surface area contributed by atoms with E-state index in [-0.39, 0.29) is 24.8 Å². The van der Waals surface area contributed by atoms with Gasteiger partial charge in [0.1, 0.15) is 17.1 Å². The Morgan fingerprint density at radius 2 is 1.93 bits per heavy atom. The van der Waals surface area contributed by atoms with Crippen LogP contribution < -0.4 is 14.8 Å². The number of hydrogen-bond donors (Lipinski definition) is 1. The van der Waals surface area contributed by atoms with Crippen molar-refractivity contribution >= 4 is 40.1 Å². The van der Waals surface area contributed by atoms with E-state index in [0.29, 0.717) is 27.8 Å². The second-order valence-corrected chi connectivity index (χ2v) is 6.88. The zero-order chi connectivity index (χ0) is 21.0. The quantitative estimate of drug-likeness (QED) is 0.634. The predicted octanol–water partition coefficient (Wildman–Crippen LogP) is 3.74. The maximum atomic E-state index is 12.6. The van der Waals surface area contributed by atoms with E-state index in [0.717, 1.165) is 10.9 Å². The Kier molecular flexibility index (Phi) is 6.29. The molecule has 0 aliphatic heterocycles. The molecule has 7 nitrogen and oxygen atoms in total. The number of methoxy groups -OCH3 is 2. The van der Waals surface area contributed by atoms with Crippen LogP contribution in [0.5, 0.6) is 11.5 Å². The van der Waals surface area contributed by atoms with E-state index in [1.165, 1.54) is 12.0 Å². The summed E-state index contributed by atoms with van der Waals surface area (Å²) in [6.07, 6.45) is 1.66. The molecule has 0 spiro atoms. The van der Waals surface area contributed by atoms with Gasteiger partial charge < -0.3 is 24.1 Å². The molecule has 152 valence electrons. The number of hydrogen-bond acceptors (Lipinski definition) is 5. The summed E-state index contributed by atoms with van der Waals surface area (Å²) in [5.41, 5.74) is 1.83. The van der Waals surface area contributed by atoms with E-state index >= 15 is 0 Å². The van der Waals surface area contributed by atoms with Crippen LogP contribution in [0.3, 0.4) is 0 Å². The molecule has 2 aromatic carbocycles. The molecule has 1 N–H and O–H groups in total. The Bertz CT molecular complexity index is 1050. The minimum atomic E-state index is -0.358. The molecule has 0 aliphatic carbocycles. The van der Waals surface area contributed by atoms with Crippen LogP contribution in [0, 0.1) is 0 Å². The van der Waals surface area contributed by atoms with Gasteiger partial charge in [-0.05, 0) is 30.3 Å². The van der Waals surface area contributed by atoms with Gasteiger partial charge in [-0.25, -0.2) is 0 Å². The van der Waals surface area contributed by atoms with Crippen molar-refractivity contribution in [3.63, 3.8) is 0 Å². The van der Waals surface area contributed by atoms with Crippen molar-refractivity contribution in [3.8, 4) is 11.5 Å². The molecular formula is C21H21ClN2O5. The topological polar surface area (TPSA) is 81.0 Å². The number of nitrogens with zero attached hydrogens (tertiary/aromatic N) is 1. The van der Waals surface area contributed by atoms with E-state index in [9.17, 15) is 9.59 Å². The van der Waals surface area contributed by atoms with Crippen molar-refractivity contribution in [3.05, 3.63) is 53.2 Å². The van der Waals surface area contributed by atoms with Crippen molar-refractivity contribution in [1.82, 2.24) is 4.90 Å². The number of ether oxygens (including phenoxy) is 2. The second kappa shape index (κ2) is 8.87. The third-order valence-corrected chi connectivity index (χ3v) is 4.68. The van der Waals surface area contributed by atoms with Crippen molar-refractivity contribution < 1.29 is 23.5 Å². The van der Waals surface area contributed by atoms with E-state index < -0.39 is 0 Å². The second-order valence-electron chi connectivity index (χ2n) is 6.44. The first kappa shape index (κ1) is 20.5. The van der Waals surface area contributed by atoms with Crippen LogP contribution in [-0.4, -0.2) is 44.5 Å². The molecule has 0 fully saturated rings. The number of carbonyl (C=O) groups excluding carboxylic acids is 2. The molecule has 1 aromatic heterocycles. The number of fused-ring (bicyclic) bond motifs is 1. The fourth-order valence-electron chi connectivity index (χ4n) is 2.90. The van der Waals surface area contributed by atoms with Gasteiger partial charge in [-0.2, -0.15) is 0 Å². The van der Waals surface area contributed by atoms with E-state index in [4.69, 9.17) is 25.5 Å². The maximum Gasteiger partial charge on any atom is 0.244 e. The smallest absolute Gasteiger partial charge is 0.244 e. The molecule has 0 atom stereocenters. The Hall–Kier alpha value is -3.19. The minimum Gasteiger partial charge on any atom is -0.497 e. The molecule has 0 bridgehead atoms. The first-order valence-electron chi connectivity index (χ1n) is 8.82. The lowest BCUT2D eigenvalue weighted by molar-refractivity contribution is -0.132. The molecule has 3 rings (SSSR count). The van der Waals surface area contributed by atoms with Gasteiger partial charge in [0.25, 0.3) is 0 Å². The summed E-state index contributed by atoms with van der Waals surface area (Å²) in [6, 6.07) is 10.3. The molecule has 1 heterocycles. The third-order valence-electron chi connectivity index (χ3n) is 4.45. The van der Waals surface area contributed by atoms with Crippen molar-refractivity contribution in [2.75, 3.05) is 33.1 Å². The molecular weight excluding hydrogens is 396 g/mol. The summed E-state index contributed by atoms with van der Waals surface area (Å²) >= 11 is 5.97. The number of furan rings is 1. The van der Waals surface area contributed by atoms with Crippen LogP contribution in [0.2, 0.25) is 5.02 Å². The van der Waals surface area contributed by atoms with Crippen LogP contribution in [-0.2, 0) is 16.0 Å². The van der Waals surface area contributed by atoms with Gasteiger partial charge in [0.2, 0.25) is 11.8 Å². The average Bonchev–Trinajstić information content (AvgIpc) is 3.09. The van der Waals surface area contributed by atoms with Gasteiger partial charge in [-0.1, -0.05) is 11.6 Å². The summed E-state index contributed by atoms with van der Waals surface area (Å²) < 4.78 is 15.9. The molecule has 0 saturated carbocycles. The molecule has 0 unspecified atom stereocenters. The highest BCUT2D eigenvalue weighted by Gasteiger charge is 2.17. The highest BCUT2D eigenvalue weighted by Crippen LogP contribution is 2.28. The fourth-order valence-corrected chi connectivity index (χ4v) is 3.07. The van der Waals surface area contributed by atoms with Crippen LogP contribution >= 0.6 is 11.6 Å². The fraction of sp³-hybridized carbons (Fsp3) is 0.238. The van der Waals surface area contributed by atoms with Gasteiger partial charge in [0, 0.05) is 29.1 Å². The van der Waals surface area contributed by atoms with Crippen molar-refractivity contribution in [2.24, 2.45) is 0 Å². The first-order valence-corrected chi connectivity index (χ1v) is 9.20. The number of anilines is 1. The average molecular weight is 417 g/mol. The summed E-state index contributed by atoms with van der Waals surface area (Å²) in [5, 5.41) is 4.02. The van der Waals surface area contributed by atoms with Crippen LogP contribution in [0.15, 0.2) is 47.1 Å². The van der Waals surface area contributed by atoms with Crippen molar-refractivity contribution in [1.29, 1.82) is 0 Å². The van der Waals surface area contributed by atoms with E-state index in [2.05, 4.69) is 5.32 Å². The summed E-state index contributed by atoms with van der Waals surface area (Å²) in [6.45, 7) is -0.113. The Labute approximate surface area is 173 Å². The molecule has 0 saturated heterocycles. The number of halogens is 1. The summed E-state index contributed by atoms with van der Waals surface area (Å²) in [5.74, 6) is 0.590. The lowest BCUT2D eigenvalue weighted by atomic mass is 10.1. The maximum absolute atomic E-state index is 12.6. The largest absolute Gasteiger partial charge is 0.497 e. The number of amides is 2. The normalized spacial score (nSPS) is 10.6. The Balaban J connectivity index is 1.63. The van der Waals surface area contributed by atoms with E-state index in [1.54, 1.807) is 50.8 Å². The first-order chi connectivity index (χ1) is 13.9. The monoisotopic (exact) mass is 416 g/mol. The number of carbonyl (C=O) groups is 2. The zero-order valence-corrected chi connectivity index (χ0v) is 17.1. The molecule has 2 amide bonds. The van der Waals surface area contributed by atoms with Crippen LogP contribution in [0.25, 0.3) is 11.0 Å². The Morgan fingerprint density at radius 1 is 1.14 bits per heavy atom. The molecule has 0 radical (unpaired) electrons. The van der Waals surface area contributed by atoms with E-state index in [1.807, 2.05) is 6.07 Å². The van der Waals surface area contributed by atoms with Gasteiger partial charge in [0.15, 0.2) is 0 Å². The number of nitrogens with one attached hydrogen (secondary N) is 1. The van der Waals surface area contributed by atoms with Gasteiger partial charge in [-0.15, -0.1) is 0 Å². The zero-order valence-electron chi connectivity index (χ0n) is 16.3. The number of rotatable bonds is 7. The standard InChI is InChI=1S/C21H21ClN2O5/c1-24(11-20(25)23-17-9-14(22)4-7-18(17)28-3)21(26)8-13-12-29-19-10-15(27-2)5-6-16(13)19/h4-7,9-10,12H,8,11H2,1-3H3,(H,23,25). The van der Waals surface area contributed by atoms with Gasteiger partial charge in [0.05, 0.1) is 39.1 Å². The molecule has 0 aliphatic rings. The molecule has 3 aromatic rings. The van der Waals surface area contributed by atoms with Gasteiger partial charge in [-0.3, -0.25) is 9.59 Å². The van der Waals surface area contributed by atoms with Crippen LogP contribution in [0.4, 0.5) is 5.69 Å². The summed E-state index contributed by atoms with van der Waals surface area (Å²) in [4.78, 5) is 26.3. The highest BCUT2D eigenvalue weighted by molar-refractivity contribution is 6.31. The molecule has 8 heteroatoms. The Morgan fingerprint density at radius 3 is 2.66 bits per heavy atom. The molecule has 29 heavy (non-hydrogen) atoms. The van der Waals surface area contributed by atoms with Crippen LogP contribution in [0.1, 0.15) is 5.56 Å². The summed E-state index contributed by atoms with van der Waals surface area (Å²) in [7, 11) is 4.65. The lowest BCUT2D eigenvalue weighted by Gasteiger charge is -2.17. The number of benzene rings is 2. The predicted molar refractivity (Wildman–Crippen MR) is 111 cm³/mol. The minimum absolute atomic E-state index is 0.113. The van der Waals surface area contributed by atoms with Crippen molar-refractivity contribution in [2.45, 2.75) is 6.42 Å². The number of likely N-dealkylation sites (N-methyl/N-ethyl adjacent to an activating group) is 1. The lowest BCUT2D eigenvalue weighted by Crippen LogP contribution is -2.35. The SMILES string of the molecule is COc1ccc2c(CC(=O)N(C)CC(=O)Nc3cc(Cl)ccc3OC)coc2c1. The highest BCUT2D eigenvalue weighted by atomic mass is 35.5. The third kappa shape index (κ3) is 4.81. The van der Waals surface area contributed by atoms with Gasteiger partial charge >= 0.3 is 0 Å².